The second-order valence-electron chi connectivity index (χ2n) is 3.41. The van der Waals surface area contributed by atoms with Gasteiger partial charge in [0.05, 0.1) is 0 Å². The van der Waals surface area contributed by atoms with Crippen LogP contribution in [0.15, 0.2) is 30.3 Å². The first-order valence-corrected chi connectivity index (χ1v) is 5.42. The predicted molar refractivity (Wildman–Crippen MR) is 63.5 cm³/mol. The van der Waals surface area contributed by atoms with E-state index in [4.69, 9.17) is 4.74 Å². The summed E-state index contributed by atoms with van der Waals surface area (Å²) in [7, 11) is 1.89. The van der Waals surface area contributed by atoms with Crippen molar-refractivity contribution in [1.82, 2.24) is 10.6 Å². The summed E-state index contributed by atoms with van der Waals surface area (Å²) >= 11 is 0. The average molecular weight is 222 g/mol. The molecular weight excluding hydrogens is 204 g/mol. The fourth-order valence-electron chi connectivity index (χ4n) is 1.21. The van der Waals surface area contributed by atoms with Crippen LogP contribution in [0.4, 0.5) is 0 Å². The van der Waals surface area contributed by atoms with Gasteiger partial charge in [-0.3, -0.25) is 4.79 Å². The molecule has 0 atom stereocenters. The van der Waals surface area contributed by atoms with Crippen LogP contribution in [0.5, 0.6) is 5.75 Å². The summed E-state index contributed by atoms with van der Waals surface area (Å²) in [5.74, 6) is 0.632. The molecule has 0 aromatic heterocycles. The summed E-state index contributed by atoms with van der Waals surface area (Å²) in [4.78, 5) is 11.3. The van der Waals surface area contributed by atoms with Crippen molar-refractivity contribution in [1.29, 1.82) is 0 Å². The predicted octanol–water partition coefficient (Wildman–Crippen LogP) is 0.791. The molecule has 0 saturated carbocycles. The van der Waals surface area contributed by atoms with Gasteiger partial charge in [0.2, 0.25) is 0 Å². The SMILES string of the molecule is CNCCCNC(=O)COc1ccccc1. The third-order valence-corrected chi connectivity index (χ3v) is 2.04. The minimum Gasteiger partial charge on any atom is -0.484 e. The standard InChI is InChI=1S/C12H18N2O2/c1-13-8-5-9-14-12(15)10-16-11-6-3-2-4-7-11/h2-4,6-7,13H,5,8-10H2,1H3,(H,14,15). The van der Waals surface area contributed by atoms with Crippen molar-refractivity contribution in [3.8, 4) is 5.75 Å². The molecule has 0 fully saturated rings. The third kappa shape index (κ3) is 5.36. The summed E-state index contributed by atoms with van der Waals surface area (Å²) in [6.45, 7) is 1.65. The second-order valence-corrected chi connectivity index (χ2v) is 3.41. The van der Waals surface area contributed by atoms with Gasteiger partial charge >= 0.3 is 0 Å². The average Bonchev–Trinajstić information content (AvgIpc) is 2.33. The van der Waals surface area contributed by atoms with Crippen LogP contribution in [0.2, 0.25) is 0 Å². The molecule has 0 heterocycles. The van der Waals surface area contributed by atoms with E-state index in [1.165, 1.54) is 0 Å². The molecule has 0 unspecified atom stereocenters. The fraction of sp³-hybridized carbons (Fsp3) is 0.417. The highest BCUT2D eigenvalue weighted by Gasteiger charge is 2.00. The van der Waals surface area contributed by atoms with Gasteiger partial charge in [-0.05, 0) is 32.1 Å². The first-order chi connectivity index (χ1) is 7.83. The summed E-state index contributed by atoms with van der Waals surface area (Å²) in [6.07, 6.45) is 0.924. The van der Waals surface area contributed by atoms with E-state index >= 15 is 0 Å². The Hall–Kier alpha value is -1.55. The Kier molecular flexibility index (Phi) is 6.03. The van der Waals surface area contributed by atoms with Crippen molar-refractivity contribution in [2.24, 2.45) is 0 Å². The van der Waals surface area contributed by atoms with E-state index in [1.807, 2.05) is 37.4 Å². The summed E-state index contributed by atoms with van der Waals surface area (Å²) in [5, 5.41) is 5.80. The quantitative estimate of drug-likeness (QED) is 0.671. The lowest BCUT2D eigenvalue weighted by Crippen LogP contribution is -2.30. The lowest BCUT2D eigenvalue weighted by molar-refractivity contribution is -0.123. The van der Waals surface area contributed by atoms with Crippen molar-refractivity contribution >= 4 is 5.91 Å². The van der Waals surface area contributed by atoms with Gasteiger partial charge in [-0.25, -0.2) is 0 Å². The molecule has 1 aromatic carbocycles. The zero-order valence-electron chi connectivity index (χ0n) is 9.53. The molecule has 0 bridgehead atoms. The first-order valence-electron chi connectivity index (χ1n) is 5.42. The Labute approximate surface area is 96.0 Å². The topological polar surface area (TPSA) is 50.4 Å². The maximum absolute atomic E-state index is 11.3. The number of benzene rings is 1. The van der Waals surface area contributed by atoms with Crippen LogP contribution in [-0.4, -0.2) is 32.7 Å². The number of ether oxygens (including phenoxy) is 1. The molecule has 88 valence electrons. The van der Waals surface area contributed by atoms with Gasteiger partial charge in [0.1, 0.15) is 5.75 Å². The van der Waals surface area contributed by atoms with Gasteiger partial charge in [0, 0.05) is 6.54 Å². The highest BCUT2D eigenvalue weighted by molar-refractivity contribution is 5.77. The Bertz CT molecular complexity index is 301. The Morgan fingerprint density at radius 3 is 2.69 bits per heavy atom. The molecular formula is C12H18N2O2. The molecule has 1 aromatic rings. The van der Waals surface area contributed by atoms with Crippen LogP contribution in [0.25, 0.3) is 0 Å². The van der Waals surface area contributed by atoms with E-state index in [0.717, 1.165) is 13.0 Å². The number of rotatable bonds is 7. The summed E-state index contributed by atoms with van der Waals surface area (Å²) < 4.78 is 5.30. The normalized spacial score (nSPS) is 9.81. The van der Waals surface area contributed by atoms with E-state index in [1.54, 1.807) is 0 Å². The molecule has 0 spiro atoms. The molecule has 1 amide bonds. The van der Waals surface area contributed by atoms with Crippen LogP contribution in [0.3, 0.4) is 0 Å². The van der Waals surface area contributed by atoms with Crippen LogP contribution in [-0.2, 0) is 4.79 Å². The Morgan fingerprint density at radius 2 is 2.00 bits per heavy atom. The summed E-state index contributed by atoms with van der Waals surface area (Å²) in [5.41, 5.74) is 0. The number of nitrogens with one attached hydrogen (secondary N) is 2. The van der Waals surface area contributed by atoms with Gasteiger partial charge in [-0.1, -0.05) is 18.2 Å². The molecule has 16 heavy (non-hydrogen) atoms. The van der Waals surface area contributed by atoms with Crippen LogP contribution >= 0.6 is 0 Å². The largest absolute Gasteiger partial charge is 0.484 e. The fourth-order valence-corrected chi connectivity index (χ4v) is 1.21. The minimum atomic E-state index is -0.0834. The van der Waals surface area contributed by atoms with Gasteiger partial charge < -0.3 is 15.4 Å². The van der Waals surface area contributed by atoms with E-state index in [0.29, 0.717) is 12.3 Å². The molecule has 0 aliphatic rings. The smallest absolute Gasteiger partial charge is 0.257 e. The third-order valence-electron chi connectivity index (χ3n) is 2.04. The van der Waals surface area contributed by atoms with Gasteiger partial charge in [0.25, 0.3) is 5.91 Å². The van der Waals surface area contributed by atoms with Crippen LogP contribution < -0.4 is 15.4 Å². The summed E-state index contributed by atoms with van der Waals surface area (Å²) in [6, 6.07) is 9.31. The molecule has 0 saturated heterocycles. The zero-order valence-corrected chi connectivity index (χ0v) is 9.53. The molecule has 0 radical (unpaired) electrons. The second kappa shape index (κ2) is 7.70. The van der Waals surface area contributed by atoms with Gasteiger partial charge in [-0.2, -0.15) is 0 Å². The van der Waals surface area contributed by atoms with Crippen LogP contribution in [0, 0.1) is 0 Å². The molecule has 2 N–H and O–H groups in total. The zero-order chi connectivity index (χ0) is 11.6. The van der Waals surface area contributed by atoms with Gasteiger partial charge in [0.15, 0.2) is 6.61 Å². The van der Waals surface area contributed by atoms with Crippen molar-refractivity contribution in [2.45, 2.75) is 6.42 Å². The Morgan fingerprint density at radius 1 is 1.25 bits per heavy atom. The monoisotopic (exact) mass is 222 g/mol. The van der Waals surface area contributed by atoms with E-state index in [2.05, 4.69) is 10.6 Å². The molecule has 4 heteroatoms. The molecule has 0 aliphatic carbocycles. The van der Waals surface area contributed by atoms with Crippen molar-refractivity contribution < 1.29 is 9.53 Å². The van der Waals surface area contributed by atoms with Crippen molar-refractivity contribution in [3.63, 3.8) is 0 Å². The maximum atomic E-state index is 11.3. The first kappa shape index (κ1) is 12.5. The van der Waals surface area contributed by atoms with E-state index in [-0.39, 0.29) is 12.5 Å². The van der Waals surface area contributed by atoms with E-state index < -0.39 is 0 Å². The lowest BCUT2D eigenvalue weighted by Gasteiger charge is -2.06. The number of amides is 1. The number of para-hydroxylation sites is 1. The van der Waals surface area contributed by atoms with Crippen LogP contribution in [0.1, 0.15) is 6.42 Å². The molecule has 0 aliphatic heterocycles. The minimum absolute atomic E-state index is 0.0730. The number of hydrogen-bond donors (Lipinski definition) is 2. The maximum Gasteiger partial charge on any atom is 0.257 e. The van der Waals surface area contributed by atoms with E-state index in [9.17, 15) is 4.79 Å². The van der Waals surface area contributed by atoms with Crippen molar-refractivity contribution in [2.75, 3.05) is 26.7 Å². The molecule has 1 rings (SSSR count). The number of hydrogen-bond acceptors (Lipinski definition) is 3. The number of carbonyl (C=O) groups is 1. The lowest BCUT2D eigenvalue weighted by atomic mass is 10.3. The van der Waals surface area contributed by atoms with Gasteiger partial charge in [-0.15, -0.1) is 0 Å². The number of carbonyl (C=O) groups excluding carboxylic acids is 1. The van der Waals surface area contributed by atoms with Crippen molar-refractivity contribution in [3.05, 3.63) is 30.3 Å². The highest BCUT2D eigenvalue weighted by Crippen LogP contribution is 2.07. The highest BCUT2D eigenvalue weighted by atomic mass is 16.5. The Balaban J connectivity index is 2.11. The molecule has 4 nitrogen and oxygen atoms in total.